The van der Waals surface area contributed by atoms with Crippen LogP contribution < -0.4 is 10.6 Å². The second-order valence-corrected chi connectivity index (χ2v) is 7.23. The van der Waals surface area contributed by atoms with Crippen LogP contribution in [-0.2, 0) is 11.2 Å². The molecule has 1 aliphatic rings. The van der Waals surface area contributed by atoms with E-state index < -0.39 is 34.5 Å². The van der Waals surface area contributed by atoms with E-state index in [9.17, 15) is 18.0 Å². The minimum atomic E-state index is -1.45. The molecule has 1 saturated heterocycles. The summed E-state index contributed by atoms with van der Waals surface area (Å²) < 4.78 is 52.0. The maximum Gasteiger partial charge on any atom is 0.254 e. The Kier molecular flexibility index (Phi) is 5.48. The first-order valence-corrected chi connectivity index (χ1v) is 9.60. The molecule has 1 aliphatic heterocycles. The van der Waals surface area contributed by atoms with E-state index >= 15 is 0 Å². The molecular weight excluding hydrogens is 397 g/mol. The smallest absolute Gasteiger partial charge is 0.254 e. The number of imidazole rings is 1. The molecule has 0 unspecified atom stereocenters. The predicted octanol–water partition coefficient (Wildman–Crippen LogP) is 2.62. The molecule has 9 heteroatoms. The number of ether oxygens (including phenoxy) is 1. The van der Waals surface area contributed by atoms with Crippen LogP contribution in [0.25, 0.3) is 16.9 Å². The van der Waals surface area contributed by atoms with E-state index in [2.05, 4.69) is 15.6 Å². The summed E-state index contributed by atoms with van der Waals surface area (Å²) in [5.74, 6) is -4.83. The SMILES string of the molecule is CNC(=O)c1cc(F)c(-c2nc3cc(C)ccn3c2C[C@H]2CNCCO2)c(F)c1F. The monoisotopic (exact) mass is 418 g/mol. The second-order valence-electron chi connectivity index (χ2n) is 7.23. The molecule has 1 fully saturated rings. The molecule has 3 aromatic rings. The Morgan fingerprint density at radius 2 is 2.13 bits per heavy atom. The van der Waals surface area contributed by atoms with E-state index in [1.54, 1.807) is 16.7 Å². The van der Waals surface area contributed by atoms with Crippen LogP contribution in [0, 0.1) is 24.4 Å². The molecule has 158 valence electrons. The number of nitrogens with zero attached hydrogens (tertiary/aromatic N) is 2. The van der Waals surface area contributed by atoms with Crippen molar-refractivity contribution in [3.05, 3.63) is 58.7 Å². The van der Waals surface area contributed by atoms with E-state index in [1.807, 2.05) is 13.0 Å². The molecular formula is C21H21F3N4O2. The van der Waals surface area contributed by atoms with Crippen molar-refractivity contribution in [1.29, 1.82) is 0 Å². The molecule has 1 atom stereocenters. The number of aromatic nitrogens is 2. The van der Waals surface area contributed by atoms with Crippen LogP contribution in [0.2, 0.25) is 0 Å². The van der Waals surface area contributed by atoms with Crippen molar-refractivity contribution in [2.45, 2.75) is 19.4 Å². The van der Waals surface area contributed by atoms with Gasteiger partial charge in [0.25, 0.3) is 5.91 Å². The topological polar surface area (TPSA) is 67.7 Å². The van der Waals surface area contributed by atoms with E-state index in [-0.39, 0.29) is 11.8 Å². The van der Waals surface area contributed by atoms with Crippen LogP contribution in [0.15, 0.2) is 24.4 Å². The molecule has 3 heterocycles. The number of nitrogens with one attached hydrogen (secondary N) is 2. The average Bonchev–Trinajstić information content (AvgIpc) is 3.07. The summed E-state index contributed by atoms with van der Waals surface area (Å²) in [6.07, 6.45) is 1.86. The lowest BCUT2D eigenvalue weighted by atomic mass is 10.0. The van der Waals surface area contributed by atoms with Gasteiger partial charge in [-0.25, -0.2) is 18.2 Å². The lowest BCUT2D eigenvalue weighted by Gasteiger charge is -2.24. The first-order chi connectivity index (χ1) is 14.4. The average molecular weight is 418 g/mol. The Morgan fingerprint density at radius 3 is 2.83 bits per heavy atom. The molecule has 0 saturated carbocycles. The minimum absolute atomic E-state index is 0.00729. The van der Waals surface area contributed by atoms with Crippen LogP contribution in [0.5, 0.6) is 0 Å². The summed E-state index contributed by atoms with van der Waals surface area (Å²) in [6, 6.07) is 4.33. The van der Waals surface area contributed by atoms with Gasteiger partial charge in [0.05, 0.1) is 35.2 Å². The second kappa shape index (κ2) is 8.08. The zero-order valence-corrected chi connectivity index (χ0v) is 16.6. The highest BCUT2D eigenvalue weighted by Gasteiger charge is 2.28. The van der Waals surface area contributed by atoms with E-state index in [4.69, 9.17) is 4.74 Å². The third kappa shape index (κ3) is 3.54. The normalized spacial score (nSPS) is 16.8. The Hall–Kier alpha value is -2.91. The molecule has 0 aliphatic carbocycles. The van der Waals surface area contributed by atoms with Crippen molar-refractivity contribution in [2.75, 3.05) is 26.7 Å². The highest BCUT2D eigenvalue weighted by molar-refractivity contribution is 5.95. The number of amides is 1. The van der Waals surface area contributed by atoms with Crippen LogP contribution >= 0.6 is 0 Å². The maximum atomic E-state index is 15.0. The fourth-order valence-corrected chi connectivity index (χ4v) is 3.67. The van der Waals surface area contributed by atoms with E-state index in [0.717, 1.165) is 12.1 Å². The molecule has 0 bridgehead atoms. The van der Waals surface area contributed by atoms with Gasteiger partial charge < -0.3 is 19.8 Å². The Balaban J connectivity index is 1.91. The molecule has 1 aromatic carbocycles. The molecule has 0 spiro atoms. The number of rotatable bonds is 4. The summed E-state index contributed by atoms with van der Waals surface area (Å²) >= 11 is 0. The number of carbonyl (C=O) groups excluding carboxylic acids is 1. The lowest BCUT2D eigenvalue weighted by molar-refractivity contribution is 0.0286. The van der Waals surface area contributed by atoms with E-state index in [0.29, 0.717) is 37.0 Å². The van der Waals surface area contributed by atoms with Gasteiger partial charge in [0.15, 0.2) is 11.6 Å². The third-order valence-electron chi connectivity index (χ3n) is 5.17. The fourth-order valence-electron chi connectivity index (χ4n) is 3.67. The van der Waals surface area contributed by atoms with Crippen LogP contribution in [0.3, 0.4) is 0 Å². The van der Waals surface area contributed by atoms with Gasteiger partial charge in [-0.2, -0.15) is 0 Å². The molecule has 4 rings (SSSR count). The molecule has 2 N–H and O–H groups in total. The van der Waals surface area contributed by atoms with Crippen molar-refractivity contribution in [1.82, 2.24) is 20.0 Å². The van der Waals surface area contributed by atoms with Crippen molar-refractivity contribution in [2.24, 2.45) is 0 Å². The Morgan fingerprint density at radius 1 is 1.33 bits per heavy atom. The fraction of sp³-hybridized carbons (Fsp3) is 0.333. The molecule has 0 radical (unpaired) electrons. The van der Waals surface area contributed by atoms with Gasteiger partial charge in [0.2, 0.25) is 0 Å². The summed E-state index contributed by atoms with van der Waals surface area (Å²) in [7, 11) is 1.26. The third-order valence-corrected chi connectivity index (χ3v) is 5.17. The maximum absolute atomic E-state index is 15.0. The zero-order chi connectivity index (χ0) is 21.4. The summed E-state index contributed by atoms with van der Waals surface area (Å²) in [4.78, 5) is 16.2. The molecule has 2 aromatic heterocycles. The van der Waals surface area contributed by atoms with Gasteiger partial charge in [-0.3, -0.25) is 4.79 Å². The number of pyridine rings is 1. The standard InChI is InChI=1S/C21H21F3N4O2/c1-11-3-5-28-15(8-12-10-26-4-6-30-12)20(27-16(28)7-11)17-14(22)9-13(21(29)25-2)18(23)19(17)24/h3,5,7,9,12,26H,4,6,8,10H2,1-2H3,(H,25,29)/t12-/m0/s1. The first-order valence-electron chi connectivity index (χ1n) is 9.60. The number of hydrogen-bond acceptors (Lipinski definition) is 4. The Bertz CT molecular complexity index is 1120. The van der Waals surface area contributed by atoms with Gasteiger partial charge in [0.1, 0.15) is 11.5 Å². The van der Waals surface area contributed by atoms with Crippen molar-refractivity contribution < 1.29 is 22.7 Å². The number of fused-ring (bicyclic) bond motifs is 1. The number of aryl methyl sites for hydroxylation is 1. The zero-order valence-electron chi connectivity index (χ0n) is 16.6. The lowest BCUT2D eigenvalue weighted by Crippen LogP contribution is -2.39. The summed E-state index contributed by atoms with van der Waals surface area (Å²) in [5, 5.41) is 5.39. The van der Waals surface area contributed by atoms with E-state index in [1.165, 1.54) is 7.05 Å². The van der Waals surface area contributed by atoms with Crippen LogP contribution in [0.4, 0.5) is 13.2 Å². The molecule has 30 heavy (non-hydrogen) atoms. The number of benzene rings is 1. The van der Waals surface area contributed by atoms with Gasteiger partial charge in [0, 0.05) is 32.8 Å². The number of halogens is 3. The minimum Gasteiger partial charge on any atom is -0.375 e. The summed E-state index contributed by atoms with van der Waals surface area (Å²) in [6.45, 7) is 3.70. The van der Waals surface area contributed by atoms with Crippen molar-refractivity contribution in [3.8, 4) is 11.3 Å². The van der Waals surface area contributed by atoms with Crippen LogP contribution in [-0.4, -0.2) is 48.1 Å². The van der Waals surface area contributed by atoms with Crippen molar-refractivity contribution >= 4 is 11.6 Å². The number of carbonyl (C=O) groups is 1. The first kappa shape index (κ1) is 20.4. The predicted molar refractivity (Wildman–Crippen MR) is 105 cm³/mol. The van der Waals surface area contributed by atoms with Gasteiger partial charge >= 0.3 is 0 Å². The Labute approximate surface area is 171 Å². The highest BCUT2D eigenvalue weighted by atomic mass is 19.2. The van der Waals surface area contributed by atoms with Gasteiger partial charge in [-0.15, -0.1) is 0 Å². The quantitative estimate of drug-likeness (QED) is 0.640. The highest BCUT2D eigenvalue weighted by Crippen LogP contribution is 2.33. The van der Waals surface area contributed by atoms with Gasteiger partial charge in [-0.05, 0) is 30.7 Å². The molecule has 1 amide bonds. The van der Waals surface area contributed by atoms with Gasteiger partial charge in [-0.1, -0.05) is 0 Å². The number of hydrogen-bond donors (Lipinski definition) is 2. The van der Waals surface area contributed by atoms with Crippen molar-refractivity contribution in [3.63, 3.8) is 0 Å². The molecule has 6 nitrogen and oxygen atoms in total. The van der Waals surface area contributed by atoms with Crippen LogP contribution in [0.1, 0.15) is 21.6 Å². The number of morpholine rings is 1. The summed E-state index contributed by atoms with van der Waals surface area (Å²) in [5.41, 5.74) is 0.606. The largest absolute Gasteiger partial charge is 0.375 e.